The van der Waals surface area contributed by atoms with E-state index in [4.69, 9.17) is 14.6 Å². The van der Waals surface area contributed by atoms with Crippen molar-refractivity contribution in [1.82, 2.24) is 4.90 Å². The predicted molar refractivity (Wildman–Crippen MR) is 76.4 cm³/mol. The number of aliphatic carboxylic acids is 1. The molecular formula is C14H23NO7. The van der Waals surface area contributed by atoms with Gasteiger partial charge in [0.15, 0.2) is 6.04 Å². The van der Waals surface area contributed by atoms with Gasteiger partial charge in [-0.2, -0.15) is 4.90 Å². The molecule has 0 saturated heterocycles. The summed E-state index contributed by atoms with van der Waals surface area (Å²) in [4.78, 5) is 46.5. The first-order chi connectivity index (χ1) is 9.78. The highest BCUT2D eigenvalue weighted by Crippen LogP contribution is 2.18. The van der Waals surface area contributed by atoms with Crippen LogP contribution in [0.5, 0.6) is 0 Å². The molecule has 0 fully saturated rings. The van der Waals surface area contributed by atoms with Crippen molar-refractivity contribution in [3.63, 3.8) is 0 Å². The Bertz CT molecular complexity index is 417. The predicted octanol–water partition coefficient (Wildman–Crippen LogP) is 2.20. The van der Waals surface area contributed by atoms with Gasteiger partial charge in [0.05, 0.1) is 0 Å². The van der Waals surface area contributed by atoms with Crippen LogP contribution in [0.1, 0.15) is 48.0 Å². The third-order valence-electron chi connectivity index (χ3n) is 2.10. The molecule has 1 atom stereocenters. The first kappa shape index (κ1) is 19.9. The van der Waals surface area contributed by atoms with E-state index in [1.54, 1.807) is 41.5 Å². The zero-order valence-electron chi connectivity index (χ0n) is 13.7. The van der Waals surface area contributed by atoms with Gasteiger partial charge in [-0.15, -0.1) is 0 Å². The Labute approximate surface area is 129 Å². The van der Waals surface area contributed by atoms with Crippen LogP contribution in [0.2, 0.25) is 0 Å². The molecule has 126 valence electrons. The standard InChI is InChI=1S/C14H23NO7/c1-13(2,3)21-11(19)15(9(7-8-16)10(17)18)12(20)22-14(4,5)6/h8-9H,7H2,1-6H3,(H,17,18). The second kappa shape index (κ2) is 7.24. The molecule has 1 unspecified atom stereocenters. The normalized spacial score (nSPS) is 13.0. The minimum absolute atomic E-state index is 0.306. The molecule has 0 aliphatic heterocycles. The zero-order valence-corrected chi connectivity index (χ0v) is 13.7. The van der Waals surface area contributed by atoms with Crippen LogP contribution in [0.15, 0.2) is 0 Å². The fourth-order valence-corrected chi connectivity index (χ4v) is 1.36. The molecule has 2 amide bonds. The Balaban J connectivity index is 5.55. The molecule has 0 aliphatic rings. The van der Waals surface area contributed by atoms with Gasteiger partial charge in [0, 0.05) is 6.42 Å². The van der Waals surface area contributed by atoms with E-state index in [-0.39, 0.29) is 0 Å². The maximum Gasteiger partial charge on any atom is 0.420 e. The number of nitrogens with zero attached hydrogens (tertiary/aromatic N) is 1. The molecule has 0 rings (SSSR count). The van der Waals surface area contributed by atoms with Gasteiger partial charge in [0.1, 0.15) is 17.5 Å². The number of hydrogen-bond donors (Lipinski definition) is 1. The molecule has 0 radical (unpaired) electrons. The van der Waals surface area contributed by atoms with Crippen molar-refractivity contribution in [2.45, 2.75) is 65.2 Å². The van der Waals surface area contributed by atoms with E-state index in [1.165, 1.54) is 0 Å². The number of imide groups is 1. The monoisotopic (exact) mass is 317 g/mol. The smallest absolute Gasteiger partial charge is 0.420 e. The Hall–Kier alpha value is -2.12. The van der Waals surface area contributed by atoms with E-state index in [1.807, 2.05) is 0 Å². The van der Waals surface area contributed by atoms with E-state index in [0.29, 0.717) is 11.2 Å². The highest BCUT2D eigenvalue weighted by Gasteiger charge is 2.40. The van der Waals surface area contributed by atoms with Gasteiger partial charge in [0.25, 0.3) is 0 Å². The minimum atomic E-state index is -1.69. The average Bonchev–Trinajstić information content (AvgIpc) is 2.22. The van der Waals surface area contributed by atoms with Crippen LogP contribution < -0.4 is 0 Å². The van der Waals surface area contributed by atoms with E-state index < -0.39 is 41.8 Å². The van der Waals surface area contributed by atoms with Crippen LogP contribution in [-0.2, 0) is 19.1 Å². The van der Waals surface area contributed by atoms with Crippen molar-refractivity contribution >= 4 is 24.4 Å². The van der Waals surface area contributed by atoms with Crippen molar-refractivity contribution in [3.8, 4) is 0 Å². The Kier molecular flexibility index (Phi) is 6.54. The summed E-state index contributed by atoms with van der Waals surface area (Å²) >= 11 is 0. The molecule has 0 aromatic heterocycles. The number of aldehydes is 1. The molecule has 0 aromatic rings. The summed E-state index contributed by atoms with van der Waals surface area (Å²) in [6, 6.07) is -1.69. The molecule has 0 spiro atoms. The average molecular weight is 317 g/mol. The summed E-state index contributed by atoms with van der Waals surface area (Å²) in [5, 5.41) is 9.15. The van der Waals surface area contributed by atoms with Gasteiger partial charge in [0.2, 0.25) is 0 Å². The molecule has 8 nitrogen and oxygen atoms in total. The van der Waals surface area contributed by atoms with Gasteiger partial charge >= 0.3 is 18.2 Å². The number of rotatable bonds is 4. The summed E-state index contributed by atoms with van der Waals surface area (Å²) in [7, 11) is 0. The number of amides is 2. The van der Waals surface area contributed by atoms with Crippen molar-refractivity contribution in [3.05, 3.63) is 0 Å². The fourth-order valence-electron chi connectivity index (χ4n) is 1.36. The molecule has 1 N–H and O–H groups in total. The lowest BCUT2D eigenvalue weighted by Crippen LogP contribution is -2.52. The largest absolute Gasteiger partial charge is 0.480 e. The summed E-state index contributed by atoms with van der Waals surface area (Å²) in [5.74, 6) is -1.51. The maximum absolute atomic E-state index is 12.1. The molecule has 0 bridgehead atoms. The fraction of sp³-hybridized carbons (Fsp3) is 0.714. The minimum Gasteiger partial charge on any atom is -0.480 e. The first-order valence-corrected chi connectivity index (χ1v) is 6.70. The summed E-state index contributed by atoms with van der Waals surface area (Å²) < 4.78 is 10.0. The quantitative estimate of drug-likeness (QED) is 0.791. The topological polar surface area (TPSA) is 110 Å². The first-order valence-electron chi connectivity index (χ1n) is 6.70. The number of ether oxygens (including phenoxy) is 2. The van der Waals surface area contributed by atoms with Crippen molar-refractivity contribution in [2.75, 3.05) is 0 Å². The second-order valence-electron chi connectivity index (χ2n) is 6.59. The third-order valence-corrected chi connectivity index (χ3v) is 2.10. The zero-order chi connectivity index (χ0) is 17.7. The van der Waals surface area contributed by atoms with Gasteiger partial charge in [-0.05, 0) is 41.5 Å². The molecule has 0 heterocycles. The van der Waals surface area contributed by atoms with E-state index in [0.717, 1.165) is 0 Å². The van der Waals surface area contributed by atoms with E-state index >= 15 is 0 Å². The van der Waals surface area contributed by atoms with Crippen LogP contribution in [0.25, 0.3) is 0 Å². The highest BCUT2D eigenvalue weighted by atomic mass is 16.6. The van der Waals surface area contributed by atoms with Crippen molar-refractivity contribution < 1.29 is 33.8 Å². The third kappa shape index (κ3) is 7.05. The molecule has 0 aromatic carbocycles. The molecule has 0 aliphatic carbocycles. The lowest BCUT2D eigenvalue weighted by molar-refractivity contribution is -0.144. The summed E-state index contributed by atoms with van der Waals surface area (Å²) in [6.45, 7) is 9.38. The van der Waals surface area contributed by atoms with Gasteiger partial charge in [-0.1, -0.05) is 0 Å². The molecular weight excluding hydrogens is 294 g/mol. The molecule has 22 heavy (non-hydrogen) atoms. The van der Waals surface area contributed by atoms with Crippen LogP contribution in [0, 0.1) is 0 Å². The van der Waals surface area contributed by atoms with Crippen molar-refractivity contribution in [2.24, 2.45) is 0 Å². The number of carbonyl (C=O) groups is 4. The Morgan fingerprint density at radius 2 is 1.36 bits per heavy atom. The van der Waals surface area contributed by atoms with E-state index in [2.05, 4.69) is 0 Å². The summed E-state index contributed by atoms with van der Waals surface area (Å²) in [6.07, 6.45) is -2.62. The molecule has 8 heteroatoms. The second-order valence-corrected chi connectivity index (χ2v) is 6.59. The Morgan fingerprint density at radius 3 is 1.59 bits per heavy atom. The number of carboxylic acid groups (broad SMARTS) is 1. The highest BCUT2D eigenvalue weighted by molar-refractivity contribution is 5.94. The summed E-state index contributed by atoms with van der Waals surface area (Å²) in [5.41, 5.74) is -1.89. The van der Waals surface area contributed by atoms with Gasteiger partial charge < -0.3 is 19.4 Å². The van der Waals surface area contributed by atoms with Crippen LogP contribution >= 0.6 is 0 Å². The maximum atomic E-state index is 12.1. The SMILES string of the molecule is CC(C)(C)OC(=O)N(C(=O)OC(C)(C)C)C(CC=O)C(=O)O. The van der Waals surface area contributed by atoms with Gasteiger partial charge in [-0.25, -0.2) is 14.4 Å². The lowest BCUT2D eigenvalue weighted by atomic mass is 10.2. The number of hydrogen-bond acceptors (Lipinski definition) is 6. The molecule has 0 saturated carbocycles. The lowest BCUT2D eigenvalue weighted by Gasteiger charge is -2.31. The van der Waals surface area contributed by atoms with Crippen LogP contribution in [0.4, 0.5) is 9.59 Å². The Morgan fingerprint density at radius 1 is 1.00 bits per heavy atom. The number of carbonyl (C=O) groups excluding carboxylic acids is 3. The van der Waals surface area contributed by atoms with Gasteiger partial charge in [-0.3, -0.25) is 0 Å². The van der Waals surface area contributed by atoms with Crippen LogP contribution in [-0.4, -0.2) is 51.7 Å². The van der Waals surface area contributed by atoms with E-state index in [9.17, 15) is 19.2 Å². The van der Waals surface area contributed by atoms with Crippen LogP contribution in [0.3, 0.4) is 0 Å². The van der Waals surface area contributed by atoms with Crippen molar-refractivity contribution in [1.29, 1.82) is 0 Å². The number of carboxylic acids is 1.